The molecule has 1 atom stereocenters. The highest BCUT2D eigenvalue weighted by Gasteiger charge is 2.26. The van der Waals surface area contributed by atoms with Crippen molar-refractivity contribution in [2.24, 2.45) is 0 Å². The van der Waals surface area contributed by atoms with Gasteiger partial charge in [0.1, 0.15) is 5.82 Å². The lowest BCUT2D eigenvalue weighted by atomic mass is 10.1. The Labute approximate surface area is 133 Å². The lowest BCUT2D eigenvalue weighted by Gasteiger charge is -2.37. The molecule has 1 unspecified atom stereocenters. The zero-order valence-corrected chi connectivity index (χ0v) is 12.8. The maximum atomic E-state index is 13.2. The van der Waals surface area contributed by atoms with Gasteiger partial charge >= 0.3 is 0 Å². The molecule has 0 aliphatic carbocycles. The van der Waals surface area contributed by atoms with Gasteiger partial charge in [0, 0.05) is 29.8 Å². The Bertz CT molecular complexity index is 677. The number of halogens is 1. The Hall–Kier alpha value is -1.88. The fourth-order valence-corrected chi connectivity index (χ4v) is 4.03. The molecule has 0 saturated carbocycles. The van der Waals surface area contributed by atoms with Crippen molar-refractivity contribution in [3.63, 3.8) is 0 Å². The standard InChI is InChI=1S/C17H16FNO2S/c18-13-3-1-12(2-4-13)15-10-22-8-7-19(15)14-5-6-16-17(9-14)21-11-20-16/h1-6,9,15H,7-8,10-11H2. The lowest BCUT2D eigenvalue weighted by molar-refractivity contribution is 0.174. The van der Waals surface area contributed by atoms with Crippen LogP contribution < -0.4 is 14.4 Å². The minimum absolute atomic E-state index is 0.193. The van der Waals surface area contributed by atoms with Gasteiger partial charge in [-0.25, -0.2) is 4.39 Å². The highest BCUT2D eigenvalue weighted by molar-refractivity contribution is 7.99. The van der Waals surface area contributed by atoms with Crippen LogP contribution in [0.4, 0.5) is 10.1 Å². The first kappa shape index (κ1) is 13.8. The largest absolute Gasteiger partial charge is 0.454 e. The summed E-state index contributed by atoms with van der Waals surface area (Å²) in [5.74, 6) is 3.50. The Morgan fingerprint density at radius 1 is 1.05 bits per heavy atom. The molecule has 2 aromatic rings. The number of nitrogens with zero attached hydrogens (tertiary/aromatic N) is 1. The molecule has 0 amide bonds. The summed E-state index contributed by atoms with van der Waals surface area (Å²) in [5, 5.41) is 0. The van der Waals surface area contributed by atoms with Crippen molar-refractivity contribution in [2.75, 3.05) is 29.7 Å². The first-order chi connectivity index (χ1) is 10.8. The van der Waals surface area contributed by atoms with Crippen LogP contribution in [-0.4, -0.2) is 24.8 Å². The quantitative estimate of drug-likeness (QED) is 0.839. The van der Waals surface area contributed by atoms with E-state index in [0.717, 1.165) is 40.8 Å². The Balaban J connectivity index is 1.67. The van der Waals surface area contributed by atoms with Crippen LogP contribution in [0.2, 0.25) is 0 Å². The van der Waals surface area contributed by atoms with Gasteiger partial charge in [0.2, 0.25) is 6.79 Å². The van der Waals surface area contributed by atoms with E-state index in [4.69, 9.17) is 9.47 Å². The predicted molar refractivity (Wildman–Crippen MR) is 86.4 cm³/mol. The fourth-order valence-electron chi connectivity index (χ4n) is 2.94. The molecule has 5 heteroatoms. The number of thioether (sulfide) groups is 1. The monoisotopic (exact) mass is 317 g/mol. The topological polar surface area (TPSA) is 21.7 Å². The number of hydrogen-bond acceptors (Lipinski definition) is 4. The zero-order valence-electron chi connectivity index (χ0n) is 12.0. The van der Waals surface area contributed by atoms with Crippen molar-refractivity contribution >= 4 is 17.4 Å². The van der Waals surface area contributed by atoms with E-state index >= 15 is 0 Å². The molecule has 0 N–H and O–H groups in total. The minimum Gasteiger partial charge on any atom is -0.454 e. The summed E-state index contributed by atoms with van der Waals surface area (Å²) in [4.78, 5) is 2.37. The zero-order chi connectivity index (χ0) is 14.9. The summed E-state index contributed by atoms with van der Waals surface area (Å²) in [7, 11) is 0. The maximum absolute atomic E-state index is 13.2. The van der Waals surface area contributed by atoms with E-state index in [9.17, 15) is 4.39 Å². The maximum Gasteiger partial charge on any atom is 0.231 e. The smallest absolute Gasteiger partial charge is 0.231 e. The molecule has 1 fully saturated rings. The van der Waals surface area contributed by atoms with E-state index in [1.165, 1.54) is 12.1 Å². The van der Waals surface area contributed by atoms with Gasteiger partial charge in [-0.05, 0) is 29.8 Å². The third-order valence-corrected chi connectivity index (χ3v) is 5.09. The van der Waals surface area contributed by atoms with Crippen LogP contribution in [0.1, 0.15) is 11.6 Å². The molecule has 114 valence electrons. The van der Waals surface area contributed by atoms with Gasteiger partial charge in [-0.2, -0.15) is 11.8 Å². The second kappa shape index (κ2) is 5.72. The van der Waals surface area contributed by atoms with Gasteiger partial charge in [-0.1, -0.05) is 12.1 Å². The molecule has 4 rings (SSSR count). The third-order valence-electron chi connectivity index (χ3n) is 4.07. The summed E-state index contributed by atoms with van der Waals surface area (Å²) < 4.78 is 24.0. The van der Waals surface area contributed by atoms with Crippen molar-refractivity contribution in [3.8, 4) is 11.5 Å². The second-order valence-corrected chi connectivity index (χ2v) is 6.52. The van der Waals surface area contributed by atoms with Gasteiger partial charge in [0.15, 0.2) is 11.5 Å². The van der Waals surface area contributed by atoms with Gasteiger partial charge in [0.05, 0.1) is 6.04 Å². The number of anilines is 1. The summed E-state index contributed by atoms with van der Waals surface area (Å²) in [5.41, 5.74) is 2.27. The van der Waals surface area contributed by atoms with Crippen LogP contribution in [0.25, 0.3) is 0 Å². The molecule has 3 nitrogen and oxygen atoms in total. The Morgan fingerprint density at radius 2 is 1.86 bits per heavy atom. The van der Waals surface area contributed by atoms with Gasteiger partial charge in [-0.15, -0.1) is 0 Å². The van der Waals surface area contributed by atoms with Gasteiger partial charge < -0.3 is 14.4 Å². The Kier molecular flexibility index (Phi) is 3.58. The van der Waals surface area contributed by atoms with E-state index in [-0.39, 0.29) is 18.7 Å². The molecule has 1 saturated heterocycles. The molecular formula is C17H16FNO2S. The predicted octanol–water partition coefficient (Wildman–Crippen LogP) is 3.85. The summed E-state index contributed by atoms with van der Waals surface area (Å²) in [6.07, 6.45) is 0. The minimum atomic E-state index is -0.193. The molecule has 0 bridgehead atoms. The van der Waals surface area contributed by atoms with E-state index < -0.39 is 0 Å². The molecule has 22 heavy (non-hydrogen) atoms. The van der Waals surface area contributed by atoms with Crippen LogP contribution >= 0.6 is 11.8 Å². The number of fused-ring (bicyclic) bond motifs is 1. The van der Waals surface area contributed by atoms with Crippen molar-refractivity contribution in [3.05, 3.63) is 53.8 Å². The van der Waals surface area contributed by atoms with E-state index in [1.54, 1.807) is 0 Å². The number of hydrogen-bond donors (Lipinski definition) is 0. The van der Waals surface area contributed by atoms with E-state index in [2.05, 4.69) is 11.0 Å². The number of ether oxygens (including phenoxy) is 2. The van der Waals surface area contributed by atoms with Crippen LogP contribution in [0.3, 0.4) is 0 Å². The molecule has 0 radical (unpaired) electrons. The molecule has 0 spiro atoms. The van der Waals surface area contributed by atoms with Crippen LogP contribution in [0.15, 0.2) is 42.5 Å². The van der Waals surface area contributed by atoms with Gasteiger partial charge in [-0.3, -0.25) is 0 Å². The highest BCUT2D eigenvalue weighted by Crippen LogP contribution is 2.39. The van der Waals surface area contributed by atoms with E-state index in [1.807, 2.05) is 36.0 Å². The number of rotatable bonds is 2. The van der Waals surface area contributed by atoms with E-state index in [0.29, 0.717) is 0 Å². The molecule has 2 aliphatic rings. The number of benzene rings is 2. The third kappa shape index (κ3) is 2.50. The van der Waals surface area contributed by atoms with Crippen molar-refractivity contribution in [1.82, 2.24) is 0 Å². The summed E-state index contributed by atoms with van der Waals surface area (Å²) >= 11 is 1.93. The normalized spacial score (nSPS) is 20.2. The second-order valence-electron chi connectivity index (χ2n) is 5.37. The van der Waals surface area contributed by atoms with Crippen LogP contribution in [-0.2, 0) is 0 Å². The average Bonchev–Trinajstić information content (AvgIpc) is 3.03. The van der Waals surface area contributed by atoms with Crippen molar-refractivity contribution in [2.45, 2.75) is 6.04 Å². The summed E-state index contributed by atoms with van der Waals surface area (Å²) in [6, 6.07) is 13.1. The first-order valence-corrected chi connectivity index (χ1v) is 8.46. The molecular weight excluding hydrogens is 301 g/mol. The first-order valence-electron chi connectivity index (χ1n) is 7.31. The van der Waals surface area contributed by atoms with Crippen molar-refractivity contribution in [1.29, 1.82) is 0 Å². The Morgan fingerprint density at radius 3 is 2.73 bits per heavy atom. The molecule has 2 heterocycles. The fraction of sp³-hybridized carbons (Fsp3) is 0.294. The lowest BCUT2D eigenvalue weighted by Crippen LogP contribution is -2.36. The van der Waals surface area contributed by atoms with Crippen LogP contribution in [0.5, 0.6) is 11.5 Å². The van der Waals surface area contributed by atoms with Gasteiger partial charge in [0.25, 0.3) is 0 Å². The SMILES string of the molecule is Fc1ccc(C2CSCCN2c2ccc3c(c2)OCO3)cc1. The average molecular weight is 317 g/mol. The molecule has 2 aliphatic heterocycles. The molecule has 0 aromatic heterocycles. The van der Waals surface area contributed by atoms with Crippen LogP contribution in [0, 0.1) is 5.82 Å². The highest BCUT2D eigenvalue weighted by atomic mass is 32.2. The summed E-state index contributed by atoms with van der Waals surface area (Å²) in [6.45, 7) is 1.25. The molecule has 2 aromatic carbocycles. The van der Waals surface area contributed by atoms with Crippen molar-refractivity contribution < 1.29 is 13.9 Å².